The van der Waals surface area contributed by atoms with Crippen LogP contribution in [0.3, 0.4) is 0 Å². The molecule has 0 aliphatic heterocycles. The van der Waals surface area contributed by atoms with Gasteiger partial charge in [0, 0.05) is 5.69 Å². The van der Waals surface area contributed by atoms with Crippen molar-refractivity contribution >= 4 is 34.9 Å². The van der Waals surface area contributed by atoms with Gasteiger partial charge in [0.1, 0.15) is 22.6 Å². The molecule has 1 fully saturated rings. The lowest BCUT2D eigenvalue weighted by Crippen LogP contribution is -2.10. The Bertz CT molecular complexity index is 858. The first-order chi connectivity index (χ1) is 12.8. The van der Waals surface area contributed by atoms with Crippen molar-refractivity contribution in [3.63, 3.8) is 0 Å². The van der Waals surface area contributed by atoms with Gasteiger partial charge in [-0.15, -0.1) is 0 Å². The first kappa shape index (κ1) is 19.6. The van der Waals surface area contributed by atoms with Crippen molar-refractivity contribution < 1.29 is 14.3 Å². The molecule has 1 aliphatic rings. The molecule has 0 amide bonds. The van der Waals surface area contributed by atoms with Crippen LogP contribution in [0.5, 0.6) is 11.5 Å². The van der Waals surface area contributed by atoms with E-state index in [0.717, 1.165) is 5.56 Å². The quantitative estimate of drug-likeness (QED) is 0.494. The van der Waals surface area contributed by atoms with E-state index in [1.54, 1.807) is 30.3 Å². The van der Waals surface area contributed by atoms with E-state index >= 15 is 0 Å². The van der Waals surface area contributed by atoms with Crippen LogP contribution in [-0.2, 0) is 16.1 Å². The van der Waals surface area contributed by atoms with Crippen LogP contribution in [0.4, 0.5) is 5.69 Å². The molecule has 2 aromatic rings. The number of rotatable bonds is 6. The predicted octanol–water partition coefficient (Wildman–Crippen LogP) is 5.70. The largest absolute Gasteiger partial charge is 0.461 e. The molecule has 1 saturated carbocycles. The number of benzene rings is 2. The predicted molar refractivity (Wildman–Crippen MR) is 108 cm³/mol. The van der Waals surface area contributed by atoms with Crippen LogP contribution < -0.4 is 10.5 Å². The maximum Gasteiger partial charge on any atom is 0.310 e. The summed E-state index contributed by atoms with van der Waals surface area (Å²) < 4.78 is 11.5. The highest BCUT2D eigenvalue weighted by Gasteiger charge is 2.61. The zero-order valence-electron chi connectivity index (χ0n) is 15.1. The van der Waals surface area contributed by atoms with Crippen LogP contribution in [0.1, 0.15) is 19.4 Å². The van der Waals surface area contributed by atoms with Gasteiger partial charge in [0.15, 0.2) is 0 Å². The van der Waals surface area contributed by atoms with Crippen molar-refractivity contribution in [1.29, 1.82) is 0 Å². The lowest BCUT2D eigenvalue weighted by atomic mass is 10.1. The monoisotopic (exact) mass is 405 g/mol. The first-order valence-electron chi connectivity index (χ1n) is 8.59. The molecule has 0 saturated heterocycles. The molecular formula is C21H21Cl2NO3. The first-order valence-corrected chi connectivity index (χ1v) is 9.35. The molecule has 3 rings (SSSR count). The SMILES string of the molecule is CC1(C)[C@H](C=C(Cl)Cl)[C@@H]1C(=O)OCc1cccc(Oc2ccc(N)cc2)c1. The molecule has 0 unspecified atom stereocenters. The van der Waals surface area contributed by atoms with E-state index in [0.29, 0.717) is 17.2 Å². The molecule has 0 bridgehead atoms. The Labute approximate surface area is 168 Å². The van der Waals surface area contributed by atoms with Gasteiger partial charge in [-0.2, -0.15) is 0 Å². The molecule has 4 nitrogen and oxygen atoms in total. The van der Waals surface area contributed by atoms with Crippen molar-refractivity contribution in [1.82, 2.24) is 0 Å². The molecule has 2 N–H and O–H groups in total. The number of nitrogens with two attached hydrogens (primary N) is 1. The topological polar surface area (TPSA) is 61.5 Å². The van der Waals surface area contributed by atoms with E-state index in [4.69, 9.17) is 38.4 Å². The normalized spacial score (nSPS) is 19.9. The Morgan fingerprint density at radius 2 is 1.85 bits per heavy atom. The van der Waals surface area contributed by atoms with Gasteiger partial charge in [0.25, 0.3) is 0 Å². The maximum absolute atomic E-state index is 12.4. The number of nitrogen functional groups attached to an aromatic ring is 1. The highest BCUT2D eigenvalue weighted by molar-refractivity contribution is 6.55. The summed E-state index contributed by atoms with van der Waals surface area (Å²) in [4.78, 5) is 12.4. The van der Waals surface area contributed by atoms with Crippen LogP contribution in [-0.4, -0.2) is 5.97 Å². The third-order valence-corrected chi connectivity index (χ3v) is 5.12. The van der Waals surface area contributed by atoms with Crippen molar-refractivity contribution in [2.24, 2.45) is 17.3 Å². The van der Waals surface area contributed by atoms with E-state index in [1.807, 2.05) is 38.1 Å². The van der Waals surface area contributed by atoms with E-state index in [2.05, 4.69) is 0 Å². The molecule has 0 radical (unpaired) electrons. The third kappa shape index (κ3) is 4.76. The van der Waals surface area contributed by atoms with Gasteiger partial charge in [-0.3, -0.25) is 4.79 Å². The molecule has 1 aliphatic carbocycles. The lowest BCUT2D eigenvalue weighted by Gasteiger charge is -2.09. The number of carbonyl (C=O) groups is 1. The highest BCUT2D eigenvalue weighted by Crippen LogP contribution is 2.60. The molecule has 27 heavy (non-hydrogen) atoms. The van der Waals surface area contributed by atoms with Crippen molar-refractivity contribution in [2.75, 3.05) is 5.73 Å². The second-order valence-corrected chi connectivity index (χ2v) is 8.22. The zero-order valence-corrected chi connectivity index (χ0v) is 16.6. The van der Waals surface area contributed by atoms with Crippen molar-refractivity contribution in [2.45, 2.75) is 20.5 Å². The van der Waals surface area contributed by atoms with Crippen molar-refractivity contribution in [3.8, 4) is 11.5 Å². The van der Waals surface area contributed by atoms with Gasteiger partial charge in [-0.1, -0.05) is 49.2 Å². The number of allylic oxidation sites excluding steroid dienone is 1. The number of halogens is 2. The van der Waals surface area contributed by atoms with E-state index in [-0.39, 0.29) is 34.3 Å². The molecule has 0 heterocycles. The van der Waals surface area contributed by atoms with E-state index in [1.165, 1.54) is 0 Å². The molecule has 2 aromatic carbocycles. The smallest absolute Gasteiger partial charge is 0.310 e. The number of anilines is 1. The summed E-state index contributed by atoms with van der Waals surface area (Å²) in [5.41, 5.74) is 6.99. The fourth-order valence-electron chi connectivity index (χ4n) is 3.19. The second kappa shape index (κ2) is 7.83. The van der Waals surface area contributed by atoms with E-state index in [9.17, 15) is 4.79 Å². The van der Waals surface area contributed by atoms with E-state index < -0.39 is 0 Å². The summed E-state index contributed by atoms with van der Waals surface area (Å²) in [6, 6.07) is 14.6. The van der Waals surface area contributed by atoms with Crippen LogP contribution in [0.15, 0.2) is 59.1 Å². The highest BCUT2D eigenvalue weighted by atomic mass is 35.5. The van der Waals surface area contributed by atoms with Gasteiger partial charge >= 0.3 is 5.97 Å². The van der Waals surface area contributed by atoms with Gasteiger partial charge in [-0.05, 0) is 59.4 Å². The minimum atomic E-state index is -0.249. The Hall–Kier alpha value is -2.17. The molecule has 6 heteroatoms. The summed E-state index contributed by atoms with van der Waals surface area (Å²) in [5.74, 6) is 0.857. The molecular weight excluding hydrogens is 385 g/mol. The summed E-state index contributed by atoms with van der Waals surface area (Å²) in [7, 11) is 0. The minimum Gasteiger partial charge on any atom is -0.461 e. The molecule has 0 spiro atoms. The van der Waals surface area contributed by atoms with Crippen LogP contribution in [0, 0.1) is 17.3 Å². The number of hydrogen-bond donors (Lipinski definition) is 1. The van der Waals surface area contributed by atoms with Crippen LogP contribution >= 0.6 is 23.2 Å². The van der Waals surface area contributed by atoms with Crippen molar-refractivity contribution in [3.05, 3.63) is 64.7 Å². The maximum atomic E-state index is 12.4. The van der Waals surface area contributed by atoms with Crippen LogP contribution in [0.2, 0.25) is 0 Å². The fourth-order valence-corrected chi connectivity index (χ4v) is 3.46. The molecule has 142 valence electrons. The fraction of sp³-hybridized carbons (Fsp3) is 0.286. The van der Waals surface area contributed by atoms with Crippen LogP contribution in [0.25, 0.3) is 0 Å². The Balaban J connectivity index is 1.59. The minimum absolute atomic E-state index is 0.00446. The zero-order chi connectivity index (χ0) is 19.6. The van der Waals surface area contributed by atoms with Gasteiger partial charge in [0.2, 0.25) is 0 Å². The Kier molecular flexibility index (Phi) is 5.68. The van der Waals surface area contributed by atoms with Gasteiger partial charge in [0.05, 0.1) is 5.92 Å². The number of carbonyl (C=O) groups excluding carboxylic acids is 1. The Morgan fingerprint density at radius 3 is 2.52 bits per heavy atom. The number of esters is 1. The lowest BCUT2D eigenvalue weighted by molar-refractivity contribution is -0.147. The summed E-state index contributed by atoms with van der Waals surface area (Å²) >= 11 is 11.5. The van der Waals surface area contributed by atoms with Gasteiger partial charge < -0.3 is 15.2 Å². The average Bonchev–Trinajstić information content (AvgIpc) is 3.14. The Morgan fingerprint density at radius 1 is 1.15 bits per heavy atom. The number of hydrogen-bond acceptors (Lipinski definition) is 4. The molecule has 0 aromatic heterocycles. The third-order valence-electron chi connectivity index (χ3n) is 4.87. The number of ether oxygens (including phenoxy) is 2. The summed E-state index contributed by atoms with van der Waals surface area (Å²) in [5, 5.41) is 0. The van der Waals surface area contributed by atoms with Gasteiger partial charge in [-0.25, -0.2) is 0 Å². The summed E-state index contributed by atoms with van der Waals surface area (Å²) in [6.45, 7) is 4.17. The second-order valence-electron chi connectivity index (χ2n) is 7.21. The standard InChI is InChI=1S/C21H21Cl2NO3/c1-21(2)17(11-18(22)23)19(21)20(25)26-12-13-4-3-5-16(10-13)27-15-8-6-14(24)7-9-15/h3-11,17,19H,12,24H2,1-2H3/t17-,19-/m1/s1. The molecule has 2 atom stereocenters. The average molecular weight is 406 g/mol. The summed E-state index contributed by atoms with van der Waals surface area (Å²) in [6.07, 6.45) is 1.70.